The molecular weight excluding hydrogens is 613 g/mol. The van der Waals surface area contributed by atoms with E-state index in [1.807, 2.05) is 6.07 Å². The molecule has 0 radical (unpaired) electrons. The van der Waals surface area contributed by atoms with E-state index in [0.717, 1.165) is 78.6 Å². The molecule has 10 rings (SSSR count). The number of aromatic nitrogens is 4. The number of nitrogens with zero attached hydrogens (tertiary/aromatic N) is 4. The number of aryl methyl sites for hydroxylation is 1. The molecule has 5 nitrogen and oxygen atoms in total. The molecule has 3 aromatic carbocycles. The summed E-state index contributed by atoms with van der Waals surface area (Å²) in [6.45, 7) is 0. The Kier molecular flexibility index (Phi) is 6.97. The van der Waals surface area contributed by atoms with E-state index in [0.29, 0.717) is 17.5 Å². The lowest BCUT2D eigenvalue weighted by molar-refractivity contribution is 0.579. The number of fused-ring (bicyclic) bond motifs is 7. The van der Waals surface area contributed by atoms with Crippen LogP contribution in [0, 0.1) is 0 Å². The molecule has 0 aliphatic heterocycles. The van der Waals surface area contributed by atoms with Gasteiger partial charge in [0, 0.05) is 44.3 Å². The fourth-order valence-electron chi connectivity index (χ4n) is 8.14. The average molecular weight is 649 g/mol. The summed E-state index contributed by atoms with van der Waals surface area (Å²) in [7, 11) is 0. The Bertz CT molecular complexity index is 2520. The van der Waals surface area contributed by atoms with Gasteiger partial charge in [-0.3, -0.25) is 0 Å². The lowest BCUT2D eigenvalue weighted by Gasteiger charge is -2.23. The van der Waals surface area contributed by atoms with Crippen LogP contribution in [0.4, 0.5) is 0 Å². The molecule has 1 unspecified atom stereocenters. The fourth-order valence-corrected chi connectivity index (χ4v) is 8.14. The Morgan fingerprint density at radius 2 is 1.38 bits per heavy atom. The van der Waals surface area contributed by atoms with Gasteiger partial charge in [-0.05, 0) is 68.2 Å². The van der Waals surface area contributed by atoms with Gasteiger partial charge in [0.2, 0.25) is 0 Å². The molecule has 4 aliphatic carbocycles. The predicted octanol–water partition coefficient (Wildman–Crippen LogP) is 11.1. The third-order valence-electron chi connectivity index (χ3n) is 10.5. The van der Waals surface area contributed by atoms with E-state index in [4.69, 9.17) is 19.4 Å². The van der Waals surface area contributed by atoms with Crippen molar-refractivity contribution in [3.05, 3.63) is 150 Å². The minimum Gasteiger partial charge on any atom is -0.454 e. The van der Waals surface area contributed by atoms with Gasteiger partial charge in [0.05, 0.1) is 11.6 Å². The van der Waals surface area contributed by atoms with Crippen LogP contribution in [0.25, 0.3) is 67.7 Å². The van der Waals surface area contributed by atoms with Crippen LogP contribution in [0.5, 0.6) is 0 Å². The van der Waals surface area contributed by atoms with E-state index in [1.54, 1.807) is 0 Å². The van der Waals surface area contributed by atoms with Gasteiger partial charge < -0.3 is 8.98 Å². The molecular formula is C45H36N4O. The first kappa shape index (κ1) is 29.1. The summed E-state index contributed by atoms with van der Waals surface area (Å²) in [5.41, 5.74) is 11.6. The molecule has 242 valence electrons. The van der Waals surface area contributed by atoms with Crippen LogP contribution in [-0.4, -0.2) is 19.5 Å². The van der Waals surface area contributed by atoms with Gasteiger partial charge in [0.25, 0.3) is 0 Å². The summed E-state index contributed by atoms with van der Waals surface area (Å²) in [6.07, 6.45) is 29.5. The van der Waals surface area contributed by atoms with E-state index in [1.165, 1.54) is 38.7 Å². The number of furan rings is 1. The summed E-state index contributed by atoms with van der Waals surface area (Å²) in [6, 6.07) is 23.7. The molecule has 0 saturated carbocycles. The highest BCUT2D eigenvalue weighted by Gasteiger charge is 2.28. The molecule has 3 heterocycles. The number of benzene rings is 3. The quantitative estimate of drug-likeness (QED) is 0.187. The van der Waals surface area contributed by atoms with Crippen LogP contribution in [-0.2, 0) is 12.8 Å². The smallest absolute Gasteiger partial charge is 0.164 e. The molecule has 4 aliphatic rings. The molecule has 0 N–H and O–H groups in total. The molecule has 0 amide bonds. The number of hydrogen-bond acceptors (Lipinski definition) is 4. The highest BCUT2D eigenvalue weighted by atomic mass is 16.3. The van der Waals surface area contributed by atoms with Crippen molar-refractivity contribution in [2.24, 2.45) is 0 Å². The second-order valence-corrected chi connectivity index (χ2v) is 13.6. The third kappa shape index (κ3) is 4.87. The van der Waals surface area contributed by atoms with Gasteiger partial charge in [0.15, 0.2) is 23.1 Å². The Hall–Kier alpha value is -5.81. The minimum atomic E-state index is 0.0925. The Morgan fingerprint density at radius 3 is 2.28 bits per heavy atom. The zero-order valence-electron chi connectivity index (χ0n) is 27.8. The second kappa shape index (κ2) is 12.0. The van der Waals surface area contributed by atoms with Crippen LogP contribution in [0.15, 0.2) is 120 Å². The van der Waals surface area contributed by atoms with Crippen LogP contribution in [0.2, 0.25) is 0 Å². The molecule has 0 fully saturated rings. The summed E-state index contributed by atoms with van der Waals surface area (Å²) in [5, 5.41) is 2.51. The molecule has 6 aromatic rings. The SMILES string of the molecule is C1=CC(c2nc(C3=CC(n4c5c(c6ccc7c8c(oc7c64)C=CCC8)C=CCC5)CC=C3)nc(-c3cccc(-c4ccccc4)c3)n2)=CCC1. The fraction of sp³-hybridized carbons (Fsp3) is 0.178. The predicted molar refractivity (Wildman–Crippen MR) is 204 cm³/mol. The van der Waals surface area contributed by atoms with Crippen LogP contribution in [0.1, 0.15) is 72.4 Å². The van der Waals surface area contributed by atoms with Crippen LogP contribution >= 0.6 is 0 Å². The normalized spacial score (nSPS) is 18.0. The van der Waals surface area contributed by atoms with E-state index >= 15 is 0 Å². The van der Waals surface area contributed by atoms with Crippen LogP contribution in [0.3, 0.4) is 0 Å². The zero-order chi connectivity index (χ0) is 33.0. The van der Waals surface area contributed by atoms with E-state index in [9.17, 15) is 0 Å². The Labute approximate surface area is 291 Å². The standard InChI is InChI=1S/C45H36N4O/c1-3-13-29(14-4-1)31-17-11-18-32(27-31)44-46-43(30-15-5-2-6-16-30)47-45(48-44)33-19-12-20-34(28-33)49-39-23-9-7-21-35(39)37-25-26-38-36-22-8-10-24-40(36)50-42(38)41(37)49/h1,3-5,7,10-19,21,24-28,34H,2,6,8-9,20,22-23H2. The summed E-state index contributed by atoms with van der Waals surface area (Å²) in [5.74, 6) is 3.11. The third-order valence-corrected chi connectivity index (χ3v) is 10.5. The monoisotopic (exact) mass is 648 g/mol. The lowest BCUT2D eigenvalue weighted by Crippen LogP contribution is -2.14. The van der Waals surface area contributed by atoms with E-state index < -0.39 is 0 Å². The zero-order valence-corrected chi connectivity index (χ0v) is 27.8. The first-order valence-electron chi connectivity index (χ1n) is 17.9. The van der Waals surface area contributed by atoms with Gasteiger partial charge >= 0.3 is 0 Å². The number of allylic oxidation sites excluding steroid dienone is 10. The summed E-state index contributed by atoms with van der Waals surface area (Å²) in [4.78, 5) is 15.4. The second-order valence-electron chi connectivity index (χ2n) is 13.6. The Balaban J connectivity index is 1.13. The molecule has 3 aromatic heterocycles. The maximum atomic E-state index is 6.70. The van der Waals surface area contributed by atoms with Gasteiger partial charge in [0.1, 0.15) is 5.76 Å². The van der Waals surface area contributed by atoms with Gasteiger partial charge in [-0.15, -0.1) is 0 Å². The average Bonchev–Trinajstić information content (AvgIpc) is 3.75. The van der Waals surface area contributed by atoms with Crippen molar-refractivity contribution in [3.8, 4) is 22.5 Å². The first-order valence-corrected chi connectivity index (χ1v) is 17.9. The van der Waals surface area contributed by atoms with E-state index in [-0.39, 0.29) is 6.04 Å². The largest absolute Gasteiger partial charge is 0.454 e. The van der Waals surface area contributed by atoms with Crippen molar-refractivity contribution in [3.63, 3.8) is 0 Å². The number of hydrogen-bond donors (Lipinski definition) is 0. The molecule has 5 heteroatoms. The molecule has 50 heavy (non-hydrogen) atoms. The van der Waals surface area contributed by atoms with E-state index in [2.05, 4.69) is 126 Å². The summed E-state index contributed by atoms with van der Waals surface area (Å²) >= 11 is 0. The van der Waals surface area contributed by atoms with Gasteiger partial charge in [-0.1, -0.05) is 115 Å². The topological polar surface area (TPSA) is 56.7 Å². The molecule has 0 spiro atoms. The lowest BCUT2D eigenvalue weighted by atomic mass is 9.99. The van der Waals surface area contributed by atoms with Crippen molar-refractivity contribution in [2.45, 2.75) is 51.0 Å². The van der Waals surface area contributed by atoms with Crippen molar-refractivity contribution >= 4 is 45.2 Å². The van der Waals surface area contributed by atoms with Gasteiger partial charge in [-0.25, -0.2) is 15.0 Å². The van der Waals surface area contributed by atoms with Crippen LogP contribution < -0.4 is 0 Å². The highest BCUT2D eigenvalue weighted by molar-refractivity contribution is 6.09. The molecule has 1 atom stereocenters. The highest BCUT2D eigenvalue weighted by Crippen LogP contribution is 2.43. The van der Waals surface area contributed by atoms with Gasteiger partial charge in [-0.2, -0.15) is 0 Å². The van der Waals surface area contributed by atoms with Crippen molar-refractivity contribution in [1.29, 1.82) is 0 Å². The summed E-state index contributed by atoms with van der Waals surface area (Å²) < 4.78 is 9.26. The maximum Gasteiger partial charge on any atom is 0.164 e. The van der Waals surface area contributed by atoms with Crippen molar-refractivity contribution < 1.29 is 4.42 Å². The minimum absolute atomic E-state index is 0.0925. The Morgan fingerprint density at radius 1 is 0.620 bits per heavy atom. The molecule has 0 bridgehead atoms. The number of rotatable bonds is 5. The molecule has 0 saturated heterocycles. The maximum absolute atomic E-state index is 6.70. The van der Waals surface area contributed by atoms with Crippen molar-refractivity contribution in [2.75, 3.05) is 0 Å². The first-order chi connectivity index (χ1) is 24.8. The van der Waals surface area contributed by atoms with Crippen molar-refractivity contribution in [1.82, 2.24) is 19.5 Å².